The molecule has 0 fully saturated rings. The van der Waals surface area contributed by atoms with Crippen molar-refractivity contribution in [3.05, 3.63) is 29.8 Å². The Morgan fingerprint density at radius 2 is 1.79 bits per heavy atom. The van der Waals surface area contributed by atoms with E-state index in [1.165, 1.54) is 12.1 Å². The van der Waals surface area contributed by atoms with E-state index in [-0.39, 0.29) is 35.6 Å². The van der Waals surface area contributed by atoms with E-state index in [0.29, 0.717) is 45.1 Å². The quantitative estimate of drug-likeness (QED) is 0.296. The van der Waals surface area contributed by atoms with Crippen LogP contribution in [0.5, 0.6) is 5.75 Å². The Bertz CT molecular complexity index is 596. The van der Waals surface area contributed by atoms with Gasteiger partial charge in [0.25, 0.3) is 0 Å². The molecule has 28 heavy (non-hydrogen) atoms. The Balaban J connectivity index is 0.00000729. The molecule has 0 heterocycles. The second kappa shape index (κ2) is 14.4. The second-order valence-corrected chi connectivity index (χ2v) is 5.93. The molecule has 0 spiro atoms. The van der Waals surface area contributed by atoms with E-state index in [0.717, 1.165) is 5.56 Å². The summed E-state index contributed by atoms with van der Waals surface area (Å²) in [4.78, 5) is 20.3. The van der Waals surface area contributed by atoms with E-state index < -0.39 is 6.61 Å². The summed E-state index contributed by atoms with van der Waals surface area (Å²) in [5.41, 5.74) is 0.934. The van der Waals surface area contributed by atoms with Crippen LogP contribution >= 0.6 is 24.0 Å². The molecule has 0 atom stereocenters. The number of rotatable bonds is 10. The van der Waals surface area contributed by atoms with Gasteiger partial charge in [0, 0.05) is 39.6 Å². The summed E-state index contributed by atoms with van der Waals surface area (Å²) in [6.07, 6.45) is 0.365. The summed E-state index contributed by atoms with van der Waals surface area (Å²) >= 11 is 0. The molecule has 0 aromatic heterocycles. The van der Waals surface area contributed by atoms with Crippen molar-refractivity contribution in [2.75, 3.05) is 33.2 Å². The summed E-state index contributed by atoms with van der Waals surface area (Å²) < 4.78 is 28.8. The largest absolute Gasteiger partial charge is 0.435 e. The highest BCUT2D eigenvalue weighted by atomic mass is 127. The van der Waals surface area contributed by atoms with Gasteiger partial charge >= 0.3 is 6.61 Å². The van der Waals surface area contributed by atoms with Gasteiger partial charge in [0.05, 0.1) is 6.54 Å². The first-order valence-corrected chi connectivity index (χ1v) is 9.22. The molecule has 1 aromatic rings. The van der Waals surface area contributed by atoms with Gasteiger partial charge in [-0.05, 0) is 38.5 Å². The van der Waals surface area contributed by atoms with Crippen molar-refractivity contribution >= 4 is 35.8 Å². The maximum atomic E-state index is 12.2. The number of carbonyl (C=O) groups excluding carboxylic acids is 1. The lowest BCUT2D eigenvalue weighted by atomic mass is 10.2. The van der Waals surface area contributed by atoms with Gasteiger partial charge in [0.1, 0.15) is 5.75 Å². The minimum absolute atomic E-state index is 0. The third-order valence-corrected chi connectivity index (χ3v) is 3.97. The van der Waals surface area contributed by atoms with Crippen LogP contribution in [0, 0.1) is 0 Å². The van der Waals surface area contributed by atoms with Gasteiger partial charge in [0.15, 0.2) is 5.96 Å². The molecule has 1 aromatic carbocycles. The molecule has 0 saturated heterocycles. The summed E-state index contributed by atoms with van der Waals surface area (Å²) in [6, 6.07) is 6.51. The molecule has 0 aliphatic heterocycles. The zero-order valence-corrected chi connectivity index (χ0v) is 19.3. The van der Waals surface area contributed by atoms with Crippen LogP contribution in [0.3, 0.4) is 0 Å². The molecular formula is C19H31F2IN4O2. The summed E-state index contributed by atoms with van der Waals surface area (Å²) in [5, 5.41) is 3.20. The maximum absolute atomic E-state index is 12.2. The topological polar surface area (TPSA) is 57.2 Å². The molecule has 0 bridgehead atoms. The molecular weight excluding hydrogens is 481 g/mol. The smallest absolute Gasteiger partial charge is 0.387 e. The van der Waals surface area contributed by atoms with E-state index in [4.69, 9.17) is 0 Å². The third kappa shape index (κ3) is 9.52. The molecule has 6 nitrogen and oxygen atoms in total. The zero-order chi connectivity index (χ0) is 20.2. The van der Waals surface area contributed by atoms with Crippen molar-refractivity contribution in [2.24, 2.45) is 4.99 Å². The van der Waals surface area contributed by atoms with Crippen molar-refractivity contribution in [1.29, 1.82) is 0 Å². The zero-order valence-electron chi connectivity index (χ0n) is 17.0. The highest BCUT2D eigenvalue weighted by molar-refractivity contribution is 14.0. The fraction of sp³-hybridized carbons (Fsp3) is 0.579. The Labute approximate surface area is 183 Å². The maximum Gasteiger partial charge on any atom is 0.387 e. The highest BCUT2D eigenvalue weighted by Gasteiger charge is 2.11. The second-order valence-electron chi connectivity index (χ2n) is 5.93. The lowest BCUT2D eigenvalue weighted by molar-refractivity contribution is -0.130. The number of nitrogens with zero attached hydrogens (tertiary/aromatic N) is 3. The number of halogens is 3. The molecule has 0 saturated carbocycles. The molecule has 0 radical (unpaired) electrons. The average Bonchev–Trinajstić information content (AvgIpc) is 2.63. The summed E-state index contributed by atoms with van der Waals surface area (Å²) in [6.45, 7) is 6.11. The van der Waals surface area contributed by atoms with Crippen LogP contribution in [-0.2, 0) is 11.3 Å². The van der Waals surface area contributed by atoms with Crippen LogP contribution in [0.1, 0.15) is 32.8 Å². The monoisotopic (exact) mass is 512 g/mol. The number of carbonyl (C=O) groups is 1. The lowest BCUT2D eigenvalue weighted by Crippen LogP contribution is -2.39. The van der Waals surface area contributed by atoms with Gasteiger partial charge in [-0.25, -0.2) is 0 Å². The van der Waals surface area contributed by atoms with Crippen molar-refractivity contribution in [1.82, 2.24) is 15.1 Å². The molecule has 1 amide bonds. The Morgan fingerprint density at radius 3 is 2.29 bits per heavy atom. The number of hydrogen-bond donors (Lipinski definition) is 1. The number of ether oxygens (including phenoxy) is 1. The summed E-state index contributed by atoms with van der Waals surface area (Å²) in [5.74, 6) is 0.918. The van der Waals surface area contributed by atoms with E-state index in [1.807, 2.05) is 32.7 Å². The van der Waals surface area contributed by atoms with E-state index in [1.54, 1.807) is 17.0 Å². The first-order chi connectivity index (χ1) is 12.9. The number of guanidine groups is 1. The van der Waals surface area contributed by atoms with Crippen molar-refractivity contribution in [3.8, 4) is 5.75 Å². The fourth-order valence-corrected chi connectivity index (χ4v) is 2.59. The third-order valence-electron chi connectivity index (χ3n) is 3.97. The van der Waals surface area contributed by atoms with E-state index >= 15 is 0 Å². The molecule has 0 aliphatic carbocycles. The molecule has 1 rings (SSSR count). The molecule has 0 aliphatic rings. The first-order valence-electron chi connectivity index (χ1n) is 9.22. The number of alkyl halides is 2. The number of aliphatic imine (C=N–C) groups is 1. The van der Waals surface area contributed by atoms with Gasteiger partial charge < -0.3 is 19.9 Å². The minimum atomic E-state index is -2.83. The van der Waals surface area contributed by atoms with Gasteiger partial charge in [-0.2, -0.15) is 8.78 Å². The molecule has 0 unspecified atom stereocenters. The SMILES string of the molecule is CCNC(=NCCC(=O)N(CC)CC)N(C)Cc1ccc(OC(F)F)cc1.I. The van der Waals surface area contributed by atoms with Crippen LogP contribution in [0.15, 0.2) is 29.3 Å². The van der Waals surface area contributed by atoms with Crippen LogP contribution in [0.25, 0.3) is 0 Å². The van der Waals surface area contributed by atoms with Crippen LogP contribution in [-0.4, -0.2) is 61.5 Å². The Hall–Kier alpha value is -1.65. The highest BCUT2D eigenvalue weighted by Crippen LogP contribution is 2.15. The number of benzene rings is 1. The van der Waals surface area contributed by atoms with Gasteiger partial charge in [-0.3, -0.25) is 9.79 Å². The van der Waals surface area contributed by atoms with Crippen molar-refractivity contribution < 1.29 is 18.3 Å². The lowest BCUT2D eigenvalue weighted by Gasteiger charge is -2.22. The Kier molecular flexibility index (Phi) is 13.5. The van der Waals surface area contributed by atoms with Crippen molar-refractivity contribution in [3.63, 3.8) is 0 Å². The van der Waals surface area contributed by atoms with Gasteiger partial charge in [-0.15, -0.1) is 24.0 Å². The molecule has 1 N–H and O–H groups in total. The normalized spacial score (nSPS) is 11.0. The summed E-state index contributed by atoms with van der Waals surface area (Å²) in [7, 11) is 1.89. The molecule has 160 valence electrons. The minimum Gasteiger partial charge on any atom is -0.435 e. The fourth-order valence-electron chi connectivity index (χ4n) is 2.59. The predicted octanol–water partition coefficient (Wildman–Crippen LogP) is 3.56. The van der Waals surface area contributed by atoms with Crippen molar-refractivity contribution in [2.45, 2.75) is 40.3 Å². The predicted molar refractivity (Wildman–Crippen MR) is 118 cm³/mol. The first kappa shape index (κ1) is 26.4. The van der Waals surface area contributed by atoms with Crippen LogP contribution in [0.2, 0.25) is 0 Å². The Morgan fingerprint density at radius 1 is 1.18 bits per heavy atom. The van der Waals surface area contributed by atoms with Gasteiger partial charge in [-0.1, -0.05) is 12.1 Å². The molecule has 9 heteroatoms. The number of amides is 1. The van der Waals surface area contributed by atoms with Gasteiger partial charge in [0.2, 0.25) is 5.91 Å². The van der Waals surface area contributed by atoms with E-state index in [9.17, 15) is 13.6 Å². The number of hydrogen-bond acceptors (Lipinski definition) is 3. The van der Waals surface area contributed by atoms with E-state index in [2.05, 4.69) is 15.0 Å². The number of nitrogens with one attached hydrogen (secondary N) is 1. The standard InChI is InChI=1S/C19H30F2N4O2.HI/c1-5-22-19(23-13-12-17(26)25(6-2)7-3)24(4)14-15-8-10-16(11-9-15)27-18(20)21;/h8-11,18H,5-7,12-14H2,1-4H3,(H,22,23);1H. The van der Waals surface area contributed by atoms with Crippen LogP contribution in [0.4, 0.5) is 8.78 Å². The average molecular weight is 512 g/mol. The van der Waals surface area contributed by atoms with Crippen LogP contribution < -0.4 is 10.1 Å².